The van der Waals surface area contributed by atoms with Crippen LogP contribution in [0.25, 0.3) is 0 Å². The van der Waals surface area contributed by atoms with Gasteiger partial charge >= 0.3 is 5.97 Å². The lowest BCUT2D eigenvalue weighted by Gasteiger charge is -2.20. The fourth-order valence-electron chi connectivity index (χ4n) is 1.16. The normalized spacial score (nSPS) is 18.2. The summed E-state index contributed by atoms with van der Waals surface area (Å²) in [6.45, 7) is 0.331. The van der Waals surface area contributed by atoms with Crippen LogP contribution >= 0.6 is 0 Å². The Morgan fingerprint density at radius 3 is 2.46 bits per heavy atom. The number of imide groups is 1. The van der Waals surface area contributed by atoms with Crippen molar-refractivity contribution in [2.75, 3.05) is 26.7 Å². The van der Waals surface area contributed by atoms with Crippen LogP contribution in [-0.4, -0.2) is 44.5 Å². The van der Waals surface area contributed by atoms with Gasteiger partial charge in [-0.05, 0) is 0 Å². The zero-order valence-electron chi connectivity index (χ0n) is 7.25. The fourth-order valence-corrected chi connectivity index (χ4v) is 1.16. The van der Waals surface area contributed by atoms with Crippen molar-refractivity contribution in [3.05, 3.63) is 0 Å². The Kier molecular flexibility index (Phi) is 2.97. The van der Waals surface area contributed by atoms with E-state index in [1.54, 1.807) is 0 Å². The van der Waals surface area contributed by atoms with E-state index in [-0.39, 0.29) is 31.4 Å². The van der Waals surface area contributed by atoms with Gasteiger partial charge in [0.2, 0.25) is 0 Å². The standard InChI is InChI=1S/C7H10N2O4/c1-13-7(12)4-9-2-5(10)8-6(11)3-9/h2-4H2,1H3,(H,8,10,11)/p+1. The maximum Gasteiger partial charge on any atom is 0.361 e. The lowest BCUT2D eigenvalue weighted by Crippen LogP contribution is -3.16. The summed E-state index contributed by atoms with van der Waals surface area (Å²) in [4.78, 5) is 33.1. The molecule has 1 fully saturated rings. The molecule has 1 saturated heterocycles. The molecule has 6 nitrogen and oxygen atoms in total. The highest BCUT2D eigenvalue weighted by Crippen LogP contribution is 1.72. The molecule has 0 bridgehead atoms. The highest BCUT2D eigenvalue weighted by Gasteiger charge is 2.27. The van der Waals surface area contributed by atoms with Crippen molar-refractivity contribution >= 4 is 17.8 Å². The minimum atomic E-state index is -0.419. The summed E-state index contributed by atoms with van der Waals surface area (Å²) < 4.78 is 4.42. The lowest BCUT2D eigenvalue weighted by atomic mass is 10.3. The molecule has 6 heteroatoms. The Bertz CT molecular complexity index is 235. The first kappa shape index (κ1) is 9.66. The summed E-state index contributed by atoms with van der Waals surface area (Å²) in [5, 5.41) is 2.15. The molecule has 0 atom stereocenters. The van der Waals surface area contributed by atoms with Crippen molar-refractivity contribution in [1.29, 1.82) is 0 Å². The van der Waals surface area contributed by atoms with Gasteiger partial charge in [-0.15, -0.1) is 0 Å². The number of esters is 1. The predicted molar refractivity (Wildman–Crippen MR) is 40.7 cm³/mol. The van der Waals surface area contributed by atoms with Gasteiger partial charge in [-0.25, -0.2) is 4.79 Å². The van der Waals surface area contributed by atoms with Crippen LogP contribution in [0.2, 0.25) is 0 Å². The number of hydrogen-bond donors (Lipinski definition) is 2. The second kappa shape index (κ2) is 3.99. The van der Waals surface area contributed by atoms with E-state index in [4.69, 9.17) is 0 Å². The first-order valence-electron chi connectivity index (χ1n) is 3.85. The number of carbonyl (C=O) groups is 3. The smallest absolute Gasteiger partial charge is 0.361 e. The van der Waals surface area contributed by atoms with Crippen LogP contribution in [0.3, 0.4) is 0 Å². The molecule has 1 aliphatic rings. The van der Waals surface area contributed by atoms with E-state index in [1.165, 1.54) is 7.11 Å². The van der Waals surface area contributed by atoms with E-state index < -0.39 is 5.97 Å². The molecule has 72 valence electrons. The second-order valence-corrected chi connectivity index (χ2v) is 2.83. The van der Waals surface area contributed by atoms with Gasteiger partial charge in [0.25, 0.3) is 11.8 Å². The quantitative estimate of drug-likeness (QED) is 0.351. The third kappa shape index (κ3) is 2.83. The molecule has 0 aliphatic carbocycles. The number of nitrogens with one attached hydrogen (secondary N) is 2. The average Bonchev–Trinajstić information content (AvgIpc) is 2.02. The molecule has 1 heterocycles. The number of rotatable bonds is 2. The average molecular weight is 187 g/mol. The van der Waals surface area contributed by atoms with Gasteiger partial charge in [-0.3, -0.25) is 14.9 Å². The highest BCUT2D eigenvalue weighted by atomic mass is 16.5. The molecule has 13 heavy (non-hydrogen) atoms. The maximum absolute atomic E-state index is 10.8. The molecular formula is C7H11N2O4+. The largest absolute Gasteiger partial charge is 0.465 e. The number of hydrogen-bond acceptors (Lipinski definition) is 4. The van der Waals surface area contributed by atoms with Crippen molar-refractivity contribution < 1.29 is 24.0 Å². The van der Waals surface area contributed by atoms with Crippen molar-refractivity contribution in [1.82, 2.24) is 5.32 Å². The molecule has 0 spiro atoms. The molecule has 0 aromatic heterocycles. The number of ether oxygens (including phenoxy) is 1. The summed E-state index contributed by atoms with van der Waals surface area (Å²) in [6.07, 6.45) is 0. The number of quaternary nitrogens is 1. The summed E-state index contributed by atoms with van der Waals surface area (Å²) in [7, 11) is 1.27. The lowest BCUT2D eigenvalue weighted by molar-refractivity contribution is -0.877. The van der Waals surface area contributed by atoms with Crippen molar-refractivity contribution in [3.63, 3.8) is 0 Å². The number of carbonyl (C=O) groups excluding carboxylic acids is 3. The third-order valence-corrected chi connectivity index (χ3v) is 1.72. The summed E-state index contributed by atoms with van der Waals surface area (Å²) >= 11 is 0. The third-order valence-electron chi connectivity index (χ3n) is 1.72. The molecule has 1 rings (SSSR count). The van der Waals surface area contributed by atoms with Gasteiger partial charge in [-0.1, -0.05) is 0 Å². The summed E-state index contributed by atoms with van der Waals surface area (Å²) in [6, 6.07) is 0. The van der Waals surface area contributed by atoms with E-state index in [2.05, 4.69) is 10.1 Å². The SMILES string of the molecule is COC(=O)C[NH+]1CC(=O)NC(=O)C1. The Morgan fingerprint density at radius 1 is 1.46 bits per heavy atom. The number of amides is 2. The molecule has 0 aromatic rings. The van der Waals surface area contributed by atoms with Crippen LogP contribution in [0.5, 0.6) is 0 Å². The minimum Gasteiger partial charge on any atom is -0.465 e. The molecule has 0 unspecified atom stereocenters. The van der Waals surface area contributed by atoms with Gasteiger partial charge in [0.05, 0.1) is 7.11 Å². The molecule has 2 amide bonds. The van der Waals surface area contributed by atoms with E-state index in [1.807, 2.05) is 0 Å². The van der Waals surface area contributed by atoms with E-state index in [0.29, 0.717) is 4.90 Å². The molecule has 1 aliphatic heterocycles. The zero-order valence-corrected chi connectivity index (χ0v) is 7.25. The predicted octanol–water partition coefficient (Wildman–Crippen LogP) is -3.30. The van der Waals surface area contributed by atoms with Crippen LogP contribution in [-0.2, 0) is 19.1 Å². The molecule has 0 aromatic carbocycles. The Labute approximate surface area is 74.8 Å². The fraction of sp³-hybridized carbons (Fsp3) is 0.571. The van der Waals surface area contributed by atoms with Crippen LogP contribution in [0.15, 0.2) is 0 Å². The molecular weight excluding hydrogens is 176 g/mol. The molecule has 2 N–H and O–H groups in total. The molecule has 0 radical (unpaired) electrons. The van der Waals surface area contributed by atoms with E-state index in [9.17, 15) is 14.4 Å². The molecule has 0 saturated carbocycles. The first-order valence-corrected chi connectivity index (χ1v) is 3.85. The van der Waals surface area contributed by atoms with Crippen LogP contribution in [0.1, 0.15) is 0 Å². The number of piperazine rings is 1. The van der Waals surface area contributed by atoms with Crippen LogP contribution < -0.4 is 10.2 Å². The minimum absolute atomic E-state index is 0.0512. The topological polar surface area (TPSA) is 76.9 Å². The maximum atomic E-state index is 10.8. The zero-order chi connectivity index (χ0) is 9.84. The second-order valence-electron chi connectivity index (χ2n) is 2.83. The van der Waals surface area contributed by atoms with Gasteiger partial charge in [0, 0.05) is 0 Å². The van der Waals surface area contributed by atoms with Gasteiger partial charge in [-0.2, -0.15) is 0 Å². The van der Waals surface area contributed by atoms with Gasteiger partial charge < -0.3 is 9.64 Å². The van der Waals surface area contributed by atoms with E-state index >= 15 is 0 Å². The van der Waals surface area contributed by atoms with Gasteiger partial charge in [0.1, 0.15) is 0 Å². The van der Waals surface area contributed by atoms with Crippen LogP contribution in [0.4, 0.5) is 0 Å². The number of methoxy groups -OCH3 is 1. The van der Waals surface area contributed by atoms with Crippen molar-refractivity contribution in [3.8, 4) is 0 Å². The Balaban J connectivity index is 2.46. The van der Waals surface area contributed by atoms with Crippen LogP contribution in [0, 0.1) is 0 Å². The summed E-state index contributed by atoms with van der Waals surface area (Å²) in [5.41, 5.74) is 0. The highest BCUT2D eigenvalue weighted by molar-refractivity contribution is 5.97. The van der Waals surface area contributed by atoms with Crippen molar-refractivity contribution in [2.45, 2.75) is 0 Å². The first-order chi connectivity index (χ1) is 6.11. The van der Waals surface area contributed by atoms with E-state index in [0.717, 1.165) is 0 Å². The van der Waals surface area contributed by atoms with Gasteiger partial charge in [0.15, 0.2) is 19.6 Å². The Morgan fingerprint density at radius 2 is 2.00 bits per heavy atom. The van der Waals surface area contributed by atoms with Crippen molar-refractivity contribution in [2.24, 2.45) is 0 Å². The monoisotopic (exact) mass is 187 g/mol. The Hall–Kier alpha value is -1.43. The summed E-state index contributed by atoms with van der Waals surface area (Å²) in [5.74, 6) is -1.12.